The van der Waals surface area contributed by atoms with Crippen LogP contribution in [0, 0.1) is 6.92 Å². The second-order valence-electron chi connectivity index (χ2n) is 6.45. The van der Waals surface area contributed by atoms with Crippen LogP contribution in [0.15, 0.2) is 34.9 Å². The van der Waals surface area contributed by atoms with Gasteiger partial charge < -0.3 is 24.8 Å². The first-order chi connectivity index (χ1) is 12.0. The third kappa shape index (κ3) is 4.73. The number of carbonyl (C=O) groups excluding carboxylic acids is 1. The molecule has 1 aromatic heterocycles. The molecule has 3 rings (SSSR count). The van der Waals surface area contributed by atoms with Crippen molar-refractivity contribution < 1.29 is 14.1 Å². The number of nitrogens with zero attached hydrogens (tertiary/aromatic N) is 2. The van der Waals surface area contributed by atoms with Crippen LogP contribution in [0.4, 0.5) is 16.2 Å². The summed E-state index contributed by atoms with van der Waals surface area (Å²) >= 11 is 0. The third-order valence-electron chi connectivity index (χ3n) is 4.02. The number of morpholine rings is 1. The number of anilines is 2. The van der Waals surface area contributed by atoms with Crippen LogP contribution < -0.4 is 15.5 Å². The number of hydrogen-bond donors (Lipinski definition) is 2. The normalized spacial score (nSPS) is 20.4. The molecule has 7 nitrogen and oxygen atoms in total. The maximum Gasteiger partial charge on any atom is 0.319 e. The highest BCUT2D eigenvalue weighted by atomic mass is 16.5. The molecule has 2 amide bonds. The van der Waals surface area contributed by atoms with E-state index in [-0.39, 0.29) is 18.2 Å². The zero-order valence-corrected chi connectivity index (χ0v) is 14.8. The Kier molecular flexibility index (Phi) is 5.23. The van der Waals surface area contributed by atoms with Gasteiger partial charge in [-0.25, -0.2) is 4.79 Å². The molecule has 0 unspecified atom stereocenters. The lowest BCUT2D eigenvalue weighted by Gasteiger charge is -2.36. The molecule has 1 fully saturated rings. The molecular weight excluding hydrogens is 320 g/mol. The molecule has 1 aliphatic rings. The molecule has 1 saturated heterocycles. The van der Waals surface area contributed by atoms with E-state index in [0.29, 0.717) is 12.2 Å². The molecule has 0 spiro atoms. The van der Waals surface area contributed by atoms with E-state index in [0.717, 1.165) is 30.2 Å². The van der Waals surface area contributed by atoms with Crippen molar-refractivity contribution in [3.05, 3.63) is 41.8 Å². The summed E-state index contributed by atoms with van der Waals surface area (Å²) in [5.41, 5.74) is 2.57. The number of aromatic nitrogens is 1. The molecule has 2 N–H and O–H groups in total. The van der Waals surface area contributed by atoms with Crippen LogP contribution in [0.1, 0.15) is 25.3 Å². The third-order valence-corrected chi connectivity index (χ3v) is 4.02. The van der Waals surface area contributed by atoms with Gasteiger partial charge >= 0.3 is 6.03 Å². The van der Waals surface area contributed by atoms with Crippen molar-refractivity contribution >= 4 is 17.4 Å². The number of aryl methyl sites for hydroxylation is 1. The lowest BCUT2D eigenvalue weighted by Crippen LogP contribution is -2.45. The Labute approximate surface area is 147 Å². The van der Waals surface area contributed by atoms with Crippen molar-refractivity contribution in [1.82, 2.24) is 10.5 Å². The first-order valence-electron chi connectivity index (χ1n) is 8.47. The molecule has 7 heteroatoms. The number of rotatable bonds is 4. The molecule has 2 heterocycles. The monoisotopic (exact) mass is 344 g/mol. The number of hydrogen-bond acceptors (Lipinski definition) is 5. The Morgan fingerprint density at radius 3 is 2.52 bits per heavy atom. The van der Waals surface area contributed by atoms with Gasteiger partial charge in [0.25, 0.3) is 0 Å². The van der Waals surface area contributed by atoms with Crippen LogP contribution in [0.3, 0.4) is 0 Å². The number of carbonyl (C=O) groups is 1. The lowest BCUT2D eigenvalue weighted by atomic mass is 10.2. The maximum atomic E-state index is 12.0. The largest absolute Gasteiger partial charge is 0.372 e. The predicted octanol–water partition coefficient (Wildman–Crippen LogP) is 2.92. The van der Waals surface area contributed by atoms with Gasteiger partial charge in [0.05, 0.1) is 18.8 Å². The minimum atomic E-state index is -0.276. The number of amides is 2. The smallest absolute Gasteiger partial charge is 0.319 e. The quantitative estimate of drug-likeness (QED) is 0.891. The number of ether oxygens (including phenoxy) is 1. The summed E-state index contributed by atoms with van der Waals surface area (Å²) in [7, 11) is 0. The first-order valence-corrected chi connectivity index (χ1v) is 8.47. The van der Waals surface area contributed by atoms with E-state index in [1.807, 2.05) is 31.2 Å². The highest BCUT2D eigenvalue weighted by Gasteiger charge is 2.22. The van der Waals surface area contributed by atoms with Gasteiger partial charge in [0.15, 0.2) is 0 Å². The molecule has 1 aliphatic heterocycles. The van der Waals surface area contributed by atoms with E-state index in [1.54, 1.807) is 6.07 Å². The number of benzene rings is 1. The molecule has 134 valence electrons. The Morgan fingerprint density at radius 2 is 1.92 bits per heavy atom. The summed E-state index contributed by atoms with van der Waals surface area (Å²) in [6.07, 6.45) is 0.431. The van der Waals surface area contributed by atoms with E-state index in [9.17, 15) is 4.79 Å². The lowest BCUT2D eigenvalue weighted by molar-refractivity contribution is -0.00521. The van der Waals surface area contributed by atoms with Gasteiger partial charge in [0.1, 0.15) is 11.5 Å². The van der Waals surface area contributed by atoms with E-state index < -0.39 is 0 Å². The van der Waals surface area contributed by atoms with Gasteiger partial charge in [0.2, 0.25) is 0 Å². The minimum Gasteiger partial charge on any atom is -0.372 e. The highest BCUT2D eigenvalue weighted by molar-refractivity contribution is 5.89. The summed E-state index contributed by atoms with van der Waals surface area (Å²) in [5.74, 6) is 0.722. The fourth-order valence-electron chi connectivity index (χ4n) is 2.99. The van der Waals surface area contributed by atoms with E-state index in [1.165, 1.54) is 0 Å². The summed E-state index contributed by atoms with van der Waals surface area (Å²) in [4.78, 5) is 14.3. The van der Waals surface area contributed by atoms with Crippen LogP contribution in [0.5, 0.6) is 0 Å². The molecule has 1 aromatic carbocycles. The van der Waals surface area contributed by atoms with Crippen LogP contribution in [-0.4, -0.2) is 36.5 Å². The highest BCUT2D eigenvalue weighted by Crippen LogP contribution is 2.22. The van der Waals surface area contributed by atoms with Gasteiger partial charge in [-0.2, -0.15) is 0 Å². The Hall–Kier alpha value is -2.54. The summed E-state index contributed by atoms with van der Waals surface area (Å²) in [5, 5.41) is 9.40. The summed E-state index contributed by atoms with van der Waals surface area (Å²) in [6, 6.07) is 9.35. The van der Waals surface area contributed by atoms with Gasteiger partial charge in [-0.1, -0.05) is 5.16 Å². The SMILES string of the molecule is Cc1cc(CNC(=O)Nc2ccc(N3C[C@@H](C)O[C@@H](C)C3)cc2)no1. The Bertz CT molecular complexity index is 703. The minimum absolute atomic E-state index is 0.215. The molecule has 0 bridgehead atoms. The van der Waals surface area contributed by atoms with Crippen molar-refractivity contribution in [2.75, 3.05) is 23.3 Å². The van der Waals surface area contributed by atoms with Crippen molar-refractivity contribution in [3.8, 4) is 0 Å². The number of urea groups is 1. The molecule has 0 saturated carbocycles. The van der Waals surface area contributed by atoms with Crippen LogP contribution in [0.2, 0.25) is 0 Å². The maximum absolute atomic E-state index is 12.0. The zero-order valence-electron chi connectivity index (χ0n) is 14.8. The summed E-state index contributed by atoms with van der Waals surface area (Å²) < 4.78 is 10.7. The molecule has 2 atom stereocenters. The fourth-order valence-corrected chi connectivity index (χ4v) is 2.99. The Balaban J connectivity index is 1.52. The fraction of sp³-hybridized carbons (Fsp3) is 0.444. The van der Waals surface area contributed by atoms with Gasteiger partial charge in [0, 0.05) is 30.5 Å². The molecule has 0 aliphatic carbocycles. The predicted molar refractivity (Wildman–Crippen MR) is 95.8 cm³/mol. The number of nitrogens with one attached hydrogen (secondary N) is 2. The Morgan fingerprint density at radius 1 is 1.24 bits per heavy atom. The van der Waals surface area contributed by atoms with Crippen molar-refractivity contribution in [1.29, 1.82) is 0 Å². The molecule has 2 aromatic rings. The molecule has 0 radical (unpaired) electrons. The summed E-state index contributed by atoms with van der Waals surface area (Å²) in [6.45, 7) is 8.04. The molecule has 25 heavy (non-hydrogen) atoms. The van der Waals surface area contributed by atoms with Crippen molar-refractivity contribution in [2.24, 2.45) is 0 Å². The van der Waals surface area contributed by atoms with Crippen LogP contribution in [-0.2, 0) is 11.3 Å². The second-order valence-corrected chi connectivity index (χ2v) is 6.45. The average Bonchev–Trinajstić information content (AvgIpc) is 2.98. The van der Waals surface area contributed by atoms with Crippen LogP contribution in [0.25, 0.3) is 0 Å². The molecular formula is C18H24N4O3. The van der Waals surface area contributed by atoms with E-state index in [4.69, 9.17) is 9.26 Å². The first kappa shape index (κ1) is 17.3. The van der Waals surface area contributed by atoms with E-state index in [2.05, 4.69) is 34.5 Å². The van der Waals surface area contributed by atoms with Gasteiger partial charge in [-0.3, -0.25) is 0 Å². The topological polar surface area (TPSA) is 79.6 Å². The zero-order chi connectivity index (χ0) is 17.8. The second kappa shape index (κ2) is 7.57. The average molecular weight is 344 g/mol. The van der Waals surface area contributed by atoms with Crippen molar-refractivity contribution in [3.63, 3.8) is 0 Å². The van der Waals surface area contributed by atoms with Crippen molar-refractivity contribution in [2.45, 2.75) is 39.5 Å². The standard InChI is InChI=1S/C18H24N4O3/c1-12-8-16(21-25-12)9-19-18(23)20-15-4-6-17(7-5-15)22-10-13(2)24-14(3)11-22/h4-8,13-14H,9-11H2,1-3H3,(H2,19,20,23)/t13-,14+. The van der Waals surface area contributed by atoms with Crippen LogP contribution >= 0.6 is 0 Å². The van der Waals surface area contributed by atoms with E-state index >= 15 is 0 Å². The van der Waals surface area contributed by atoms with Gasteiger partial charge in [-0.15, -0.1) is 0 Å². The van der Waals surface area contributed by atoms with Gasteiger partial charge in [-0.05, 0) is 45.0 Å².